The molecule has 0 unspecified atom stereocenters. The SMILES string of the molecule is Cc1cc([C@@H](C)Nc2ccc(Cl)nc2C(=O)NS(C)(=O)=O)c2nc(N3CCC(C)(c4nn(C)cc4F)CC3)n(C)c(=O)c2c1. The molecule has 5 rings (SSSR count). The van der Waals surface area contributed by atoms with Gasteiger partial charge in [0, 0.05) is 38.2 Å². The molecular formula is C29H34ClFN8O4S. The van der Waals surface area contributed by atoms with Crippen molar-refractivity contribution in [2.45, 2.75) is 45.1 Å². The third-order valence-electron chi connectivity index (χ3n) is 8.03. The van der Waals surface area contributed by atoms with Gasteiger partial charge in [-0.25, -0.2) is 27.5 Å². The summed E-state index contributed by atoms with van der Waals surface area (Å²) in [5.74, 6) is -0.769. The summed E-state index contributed by atoms with van der Waals surface area (Å²) in [5, 5.41) is 8.04. The number of halogens is 2. The number of rotatable bonds is 7. The number of anilines is 2. The fourth-order valence-corrected chi connectivity index (χ4v) is 6.29. The predicted molar refractivity (Wildman–Crippen MR) is 167 cm³/mol. The quantitative estimate of drug-likeness (QED) is 0.289. The number of amides is 1. The highest BCUT2D eigenvalue weighted by Crippen LogP contribution is 2.37. The van der Waals surface area contributed by atoms with Crippen molar-refractivity contribution in [3.8, 4) is 0 Å². The van der Waals surface area contributed by atoms with Crippen LogP contribution in [0.5, 0.6) is 0 Å². The van der Waals surface area contributed by atoms with Crippen LogP contribution in [-0.2, 0) is 29.5 Å². The molecule has 234 valence electrons. The molecule has 1 aromatic carbocycles. The van der Waals surface area contributed by atoms with Crippen LogP contribution in [0.15, 0.2) is 35.3 Å². The molecule has 0 spiro atoms. The zero-order chi connectivity index (χ0) is 32.1. The van der Waals surface area contributed by atoms with Gasteiger partial charge in [0.2, 0.25) is 16.0 Å². The summed E-state index contributed by atoms with van der Waals surface area (Å²) in [6, 6.07) is 6.22. The Kier molecular flexibility index (Phi) is 8.18. The second kappa shape index (κ2) is 11.5. The van der Waals surface area contributed by atoms with Gasteiger partial charge in [0.15, 0.2) is 11.5 Å². The highest BCUT2D eigenvalue weighted by Gasteiger charge is 2.37. The highest BCUT2D eigenvalue weighted by molar-refractivity contribution is 7.89. The maximum absolute atomic E-state index is 14.6. The molecule has 4 heterocycles. The number of aromatic nitrogens is 5. The number of sulfonamides is 1. The van der Waals surface area contributed by atoms with Gasteiger partial charge in [-0.05, 0) is 50.5 Å². The summed E-state index contributed by atoms with van der Waals surface area (Å²) >= 11 is 6.03. The number of pyridine rings is 1. The van der Waals surface area contributed by atoms with Crippen molar-refractivity contribution >= 4 is 50.1 Å². The van der Waals surface area contributed by atoms with E-state index in [1.165, 1.54) is 27.6 Å². The molecule has 0 radical (unpaired) electrons. The zero-order valence-electron chi connectivity index (χ0n) is 25.3. The number of piperidine rings is 1. The highest BCUT2D eigenvalue weighted by atomic mass is 35.5. The van der Waals surface area contributed by atoms with Crippen LogP contribution < -0.4 is 20.5 Å². The summed E-state index contributed by atoms with van der Waals surface area (Å²) in [7, 11) is -0.465. The van der Waals surface area contributed by atoms with Crippen molar-refractivity contribution in [1.29, 1.82) is 0 Å². The Morgan fingerprint density at radius 1 is 1.16 bits per heavy atom. The van der Waals surface area contributed by atoms with Crippen LogP contribution in [0.2, 0.25) is 5.15 Å². The van der Waals surface area contributed by atoms with E-state index in [0.717, 1.165) is 11.8 Å². The minimum atomic E-state index is -3.85. The van der Waals surface area contributed by atoms with Crippen LogP contribution >= 0.6 is 11.6 Å². The molecule has 2 N–H and O–H groups in total. The van der Waals surface area contributed by atoms with E-state index in [9.17, 15) is 22.4 Å². The van der Waals surface area contributed by atoms with Crippen molar-refractivity contribution in [2.24, 2.45) is 14.1 Å². The van der Waals surface area contributed by atoms with E-state index < -0.39 is 27.4 Å². The first kappa shape index (κ1) is 31.4. The molecule has 4 aromatic rings. The monoisotopic (exact) mass is 644 g/mol. The van der Waals surface area contributed by atoms with Gasteiger partial charge in [-0.2, -0.15) is 5.10 Å². The van der Waals surface area contributed by atoms with Crippen molar-refractivity contribution in [3.05, 3.63) is 74.3 Å². The van der Waals surface area contributed by atoms with E-state index in [4.69, 9.17) is 16.6 Å². The summed E-state index contributed by atoms with van der Waals surface area (Å²) in [4.78, 5) is 37.5. The molecule has 12 nitrogen and oxygen atoms in total. The first-order chi connectivity index (χ1) is 20.6. The Hall–Kier alpha value is -4.04. The van der Waals surface area contributed by atoms with E-state index in [0.29, 0.717) is 54.0 Å². The lowest BCUT2D eigenvalue weighted by atomic mass is 9.77. The summed E-state index contributed by atoms with van der Waals surface area (Å²) < 4.78 is 42.9. The predicted octanol–water partition coefficient (Wildman–Crippen LogP) is 3.58. The third-order valence-corrected chi connectivity index (χ3v) is 8.80. The standard InChI is InChI=1S/C29H34ClFN8O4S/c1-16-13-18(17(2)32-21-7-8-22(30)33-24(21)26(40)36-44(6,42)43)23-19(14-16)27(41)38(5)28(34-23)39-11-9-29(3,10-12-39)25-20(31)15-37(4)35-25/h7-8,13-15,17,32H,9-12H2,1-6H3,(H,36,40)/t17-/m1/s1. The fraction of sp³-hybridized carbons (Fsp3) is 0.414. The van der Waals surface area contributed by atoms with Gasteiger partial charge in [-0.15, -0.1) is 0 Å². The van der Waals surface area contributed by atoms with E-state index in [1.54, 1.807) is 20.2 Å². The van der Waals surface area contributed by atoms with Crippen molar-refractivity contribution < 1.29 is 17.6 Å². The molecule has 1 aliphatic heterocycles. The van der Waals surface area contributed by atoms with E-state index >= 15 is 0 Å². The first-order valence-corrected chi connectivity index (χ1v) is 16.2. The number of nitrogens with zero attached hydrogens (tertiary/aromatic N) is 6. The Bertz CT molecular complexity index is 1950. The number of hydrogen-bond donors (Lipinski definition) is 2. The smallest absolute Gasteiger partial charge is 0.285 e. The van der Waals surface area contributed by atoms with Gasteiger partial charge in [0.05, 0.1) is 35.1 Å². The van der Waals surface area contributed by atoms with Gasteiger partial charge in [-0.3, -0.25) is 18.8 Å². The topological polar surface area (TPSA) is 144 Å². The Morgan fingerprint density at radius 3 is 2.45 bits per heavy atom. The van der Waals surface area contributed by atoms with Gasteiger partial charge in [-0.1, -0.05) is 24.6 Å². The number of carbonyl (C=O) groups is 1. The van der Waals surface area contributed by atoms with Crippen LogP contribution in [-0.4, -0.2) is 58.0 Å². The molecule has 1 fully saturated rings. The second-order valence-corrected chi connectivity index (χ2v) is 13.8. The van der Waals surface area contributed by atoms with Gasteiger partial charge >= 0.3 is 0 Å². The number of carbonyl (C=O) groups excluding carboxylic acids is 1. The minimum absolute atomic E-state index is 0.0149. The minimum Gasteiger partial charge on any atom is -0.377 e. The summed E-state index contributed by atoms with van der Waals surface area (Å²) in [5.41, 5.74) is 1.85. The largest absolute Gasteiger partial charge is 0.377 e. The average molecular weight is 645 g/mol. The van der Waals surface area contributed by atoms with Gasteiger partial charge < -0.3 is 10.2 Å². The fourth-order valence-electron chi connectivity index (χ4n) is 5.71. The molecular weight excluding hydrogens is 611 g/mol. The van der Waals surface area contributed by atoms with Crippen LogP contribution in [0, 0.1) is 12.7 Å². The molecule has 0 saturated carbocycles. The Labute approximate surface area is 259 Å². The Morgan fingerprint density at radius 2 is 1.84 bits per heavy atom. The maximum Gasteiger partial charge on any atom is 0.285 e. The molecule has 1 aliphatic rings. The third kappa shape index (κ3) is 6.13. The summed E-state index contributed by atoms with van der Waals surface area (Å²) in [6.07, 6.45) is 3.49. The Balaban J connectivity index is 1.50. The van der Waals surface area contributed by atoms with Crippen LogP contribution in [0.1, 0.15) is 60.0 Å². The maximum atomic E-state index is 14.6. The second-order valence-electron chi connectivity index (χ2n) is 11.7. The number of hydrogen-bond acceptors (Lipinski definition) is 9. The molecule has 1 atom stereocenters. The first-order valence-electron chi connectivity index (χ1n) is 14.0. The number of aryl methyl sites for hydroxylation is 2. The molecule has 1 amide bonds. The van der Waals surface area contributed by atoms with Crippen molar-refractivity contribution in [3.63, 3.8) is 0 Å². The molecule has 3 aromatic heterocycles. The molecule has 0 bridgehead atoms. The number of fused-ring (bicyclic) bond motifs is 1. The van der Waals surface area contributed by atoms with Gasteiger partial charge in [0.1, 0.15) is 10.8 Å². The number of benzene rings is 1. The van der Waals surface area contributed by atoms with Gasteiger partial charge in [0.25, 0.3) is 11.5 Å². The van der Waals surface area contributed by atoms with E-state index in [2.05, 4.69) is 15.4 Å². The zero-order valence-corrected chi connectivity index (χ0v) is 26.8. The average Bonchev–Trinajstić information content (AvgIpc) is 3.29. The van der Waals surface area contributed by atoms with E-state index in [-0.39, 0.29) is 27.9 Å². The lowest BCUT2D eigenvalue weighted by Gasteiger charge is -2.39. The van der Waals surface area contributed by atoms with E-state index in [1.807, 2.05) is 36.5 Å². The molecule has 0 aliphatic carbocycles. The van der Waals surface area contributed by atoms with Crippen LogP contribution in [0.4, 0.5) is 16.0 Å². The summed E-state index contributed by atoms with van der Waals surface area (Å²) in [6.45, 7) is 6.81. The molecule has 44 heavy (non-hydrogen) atoms. The molecule has 15 heteroatoms. The number of nitrogens with one attached hydrogen (secondary N) is 2. The van der Waals surface area contributed by atoms with Crippen molar-refractivity contribution in [2.75, 3.05) is 29.6 Å². The molecule has 1 saturated heterocycles. The van der Waals surface area contributed by atoms with Crippen LogP contribution in [0.25, 0.3) is 10.9 Å². The lowest BCUT2D eigenvalue weighted by molar-refractivity contribution is 0.0977. The van der Waals surface area contributed by atoms with Crippen molar-refractivity contribution in [1.82, 2.24) is 29.0 Å². The lowest BCUT2D eigenvalue weighted by Crippen LogP contribution is -2.44. The normalized spacial score (nSPS) is 15.8. The van der Waals surface area contributed by atoms with Crippen LogP contribution in [0.3, 0.4) is 0 Å².